The number of carbonyl (C=O) groups is 2. The minimum atomic E-state index is -0.911. The van der Waals surface area contributed by atoms with E-state index in [0.29, 0.717) is 29.5 Å². The Kier molecular flexibility index (Phi) is 11.4. The van der Waals surface area contributed by atoms with E-state index in [1.54, 1.807) is 25.3 Å². The van der Waals surface area contributed by atoms with Crippen LogP contribution in [0.25, 0.3) is 10.8 Å². The van der Waals surface area contributed by atoms with Crippen LogP contribution in [0.5, 0.6) is 11.5 Å². The SMILES string of the molecule is CC(C)C[C@H](NC(=O)[C@@H](C)Oc1ccc(Cl)cc1Cl)C(=O)N/N=C\c1c(OCc2ccc(Br)cc2)ccc2ccccc12. The highest BCUT2D eigenvalue weighted by atomic mass is 79.9. The molecule has 0 bridgehead atoms. The van der Waals surface area contributed by atoms with Crippen LogP contribution in [-0.2, 0) is 16.2 Å². The van der Waals surface area contributed by atoms with Gasteiger partial charge in [0.15, 0.2) is 6.10 Å². The van der Waals surface area contributed by atoms with Crippen LogP contribution in [0.3, 0.4) is 0 Å². The summed E-state index contributed by atoms with van der Waals surface area (Å²) in [7, 11) is 0. The second-order valence-electron chi connectivity index (χ2n) is 10.4. The molecule has 0 aliphatic rings. The van der Waals surface area contributed by atoms with E-state index < -0.39 is 24.0 Å². The fraction of sp³-hybridized carbons (Fsp3) is 0.242. The number of fused-ring (bicyclic) bond motifs is 1. The monoisotopic (exact) mass is 683 g/mol. The van der Waals surface area contributed by atoms with E-state index in [4.69, 9.17) is 32.7 Å². The molecule has 0 unspecified atom stereocenters. The minimum absolute atomic E-state index is 0.124. The summed E-state index contributed by atoms with van der Waals surface area (Å²) in [4.78, 5) is 26.2. The van der Waals surface area contributed by atoms with Crippen molar-refractivity contribution in [3.8, 4) is 11.5 Å². The van der Waals surface area contributed by atoms with E-state index in [-0.39, 0.29) is 10.9 Å². The molecule has 0 spiro atoms. The van der Waals surface area contributed by atoms with Gasteiger partial charge in [-0.25, -0.2) is 5.43 Å². The van der Waals surface area contributed by atoms with Gasteiger partial charge in [-0.2, -0.15) is 5.10 Å². The maximum absolute atomic E-state index is 13.2. The van der Waals surface area contributed by atoms with Gasteiger partial charge in [0.25, 0.3) is 11.8 Å². The fourth-order valence-electron chi connectivity index (χ4n) is 4.32. The first-order valence-electron chi connectivity index (χ1n) is 13.7. The van der Waals surface area contributed by atoms with Gasteiger partial charge in [-0.1, -0.05) is 95.4 Å². The van der Waals surface area contributed by atoms with E-state index in [1.165, 1.54) is 6.07 Å². The molecule has 0 heterocycles. The summed E-state index contributed by atoms with van der Waals surface area (Å²) >= 11 is 15.6. The lowest BCUT2D eigenvalue weighted by atomic mass is 10.0. The molecule has 10 heteroatoms. The van der Waals surface area contributed by atoms with Gasteiger partial charge in [0.05, 0.1) is 11.2 Å². The van der Waals surface area contributed by atoms with E-state index >= 15 is 0 Å². The molecule has 0 aromatic heterocycles. The smallest absolute Gasteiger partial charge is 0.262 e. The Bertz CT molecular complexity index is 1610. The van der Waals surface area contributed by atoms with Crippen molar-refractivity contribution >= 4 is 67.9 Å². The Morgan fingerprint density at radius 1 is 0.930 bits per heavy atom. The van der Waals surface area contributed by atoms with Crippen LogP contribution in [0.4, 0.5) is 0 Å². The summed E-state index contributed by atoms with van der Waals surface area (Å²) in [6.45, 7) is 5.88. The van der Waals surface area contributed by atoms with Gasteiger partial charge in [-0.15, -0.1) is 0 Å². The van der Waals surface area contributed by atoms with Crippen LogP contribution < -0.4 is 20.2 Å². The van der Waals surface area contributed by atoms with Crippen molar-refractivity contribution in [2.24, 2.45) is 11.0 Å². The van der Waals surface area contributed by atoms with Crippen LogP contribution in [0, 0.1) is 5.92 Å². The number of nitrogens with one attached hydrogen (secondary N) is 2. The molecule has 0 aliphatic carbocycles. The number of rotatable bonds is 12. The summed E-state index contributed by atoms with van der Waals surface area (Å²) in [5.74, 6) is 0.148. The Balaban J connectivity index is 1.47. The highest BCUT2D eigenvalue weighted by molar-refractivity contribution is 9.10. The van der Waals surface area contributed by atoms with E-state index in [1.807, 2.05) is 74.5 Å². The molecule has 0 radical (unpaired) electrons. The number of amides is 2. The summed E-state index contributed by atoms with van der Waals surface area (Å²) in [6, 6.07) is 23.5. The van der Waals surface area contributed by atoms with Gasteiger partial charge in [-0.05, 0) is 72.0 Å². The van der Waals surface area contributed by atoms with Crippen molar-refractivity contribution < 1.29 is 19.1 Å². The zero-order valence-corrected chi connectivity index (χ0v) is 27.0. The van der Waals surface area contributed by atoms with Crippen molar-refractivity contribution in [2.75, 3.05) is 0 Å². The van der Waals surface area contributed by atoms with Gasteiger partial charge in [0, 0.05) is 15.1 Å². The van der Waals surface area contributed by atoms with Crippen molar-refractivity contribution in [1.29, 1.82) is 0 Å². The molecule has 0 aliphatic heterocycles. The quantitative estimate of drug-likeness (QED) is 0.117. The molecule has 0 saturated carbocycles. The first kappa shape index (κ1) is 32.3. The van der Waals surface area contributed by atoms with Crippen molar-refractivity contribution in [1.82, 2.24) is 10.7 Å². The van der Waals surface area contributed by atoms with Crippen LogP contribution in [0.1, 0.15) is 38.3 Å². The third-order valence-corrected chi connectivity index (χ3v) is 7.57. The first-order valence-corrected chi connectivity index (χ1v) is 15.3. The zero-order valence-electron chi connectivity index (χ0n) is 23.9. The predicted octanol–water partition coefficient (Wildman–Crippen LogP) is 7.94. The largest absolute Gasteiger partial charge is 0.488 e. The average molecular weight is 685 g/mol. The first-order chi connectivity index (χ1) is 20.6. The molecular weight excluding hydrogens is 653 g/mol. The number of hydrogen-bond acceptors (Lipinski definition) is 5. The minimum Gasteiger partial charge on any atom is -0.488 e. The maximum Gasteiger partial charge on any atom is 0.262 e. The predicted molar refractivity (Wildman–Crippen MR) is 176 cm³/mol. The molecule has 2 amide bonds. The number of halogens is 3. The van der Waals surface area contributed by atoms with Gasteiger partial charge >= 0.3 is 0 Å². The lowest BCUT2D eigenvalue weighted by Crippen LogP contribution is -2.49. The highest BCUT2D eigenvalue weighted by Gasteiger charge is 2.25. The van der Waals surface area contributed by atoms with E-state index in [9.17, 15) is 9.59 Å². The van der Waals surface area contributed by atoms with Crippen LogP contribution in [0.2, 0.25) is 10.0 Å². The molecule has 4 rings (SSSR count). The Hall–Kier alpha value is -3.59. The lowest BCUT2D eigenvalue weighted by Gasteiger charge is -2.22. The van der Waals surface area contributed by atoms with E-state index in [0.717, 1.165) is 26.4 Å². The van der Waals surface area contributed by atoms with Crippen LogP contribution in [0.15, 0.2) is 88.4 Å². The van der Waals surface area contributed by atoms with Crippen molar-refractivity contribution in [3.63, 3.8) is 0 Å². The topological polar surface area (TPSA) is 89.0 Å². The lowest BCUT2D eigenvalue weighted by molar-refractivity contribution is -0.132. The second-order valence-corrected chi connectivity index (χ2v) is 12.1. The third kappa shape index (κ3) is 9.20. The Labute approximate surface area is 269 Å². The van der Waals surface area contributed by atoms with Gasteiger partial charge in [-0.3, -0.25) is 9.59 Å². The number of carbonyl (C=O) groups excluding carboxylic acids is 2. The van der Waals surface area contributed by atoms with Crippen molar-refractivity contribution in [2.45, 2.75) is 45.9 Å². The maximum atomic E-state index is 13.2. The molecule has 43 heavy (non-hydrogen) atoms. The van der Waals surface area contributed by atoms with Gasteiger partial charge in [0.1, 0.15) is 24.1 Å². The average Bonchev–Trinajstić information content (AvgIpc) is 2.98. The van der Waals surface area contributed by atoms with Crippen LogP contribution >= 0.6 is 39.1 Å². The number of hydrazone groups is 1. The summed E-state index contributed by atoms with van der Waals surface area (Å²) in [6.07, 6.45) is 1.06. The molecule has 224 valence electrons. The fourth-order valence-corrected chi connectivity index (χ4v) is 5.04. The summed E-state index contributed by atoms with van der Waals surface area (Å²) in [5, 5.41) is 9.71. The highest BCUT2D eigenvalue weighted by Crippen LogP contribution is 2.29. The number of ether oxygens (including phenoxy) is 2. The van der Waals surface area contributed by atoms with Gasteiger partial charge in [0.2, 0.25) is 0 Å². The number of hydrogen-bond donors (Lipinski definition) is 2. The Morgan fingerprint density at radius 3 is 2.37 bits per heavy atom. The molecule has 0 fully saturated rings. The zero-order chi connectivity index (χ0) is 30.9. The number of benzene rings is 4. The molecule has 2 N–H and O–H groups in total. The molecule has 2 atom stereocenters. The molecule has 4 aromatic rings. The number of nitrogens with zero attached hydrogens (tertiary/aromatic N) is 1. The molecule has 7 nitrogen and oxygen atoms in total. The Morgan fingerprint density at radius 2 is 1.65 bits per heavy atom. The molecule has 0 saturated heterocycles. The van der Waals surface area contributed by atoms with Gasteiger partial charge < -0.3 is 14.8 Å². The summed E-state index contributed by atoms with van der Waals surface area (Å²) < 4.78 is 12.9. The normalized spacial score (nSPS) is 12.7. The summed E-state index contributed by atoms with van der Waals surface area (Å²) in [5.41, 5.74) is 4.33. The van der Waals surface area contributed by atoms with E-state index in [2.05, 4.69) is 31.8 Å². The molecular formula is C33H32BrCl2N3O4. The third-order valence-electron chi connectivity index (χ3n) is 6.51. The second kappa shape index (κ2) is 15.2. The molecule has 4 aromatic carbocycles. The van der Waals surface area contributed by atoms with Crippen molar-refractivity contribution in [3.05, 3.63) is 105 Å². The standard InChI is InChI=1S/C33H32BrCl2N3O4/c1-20(2)16-29(38-32(40)21(3)43-31-15-13-25(35)17-28(31)36)33(41)39-37-18-27-26-7-5-4-6-23(26)10-14-30(27)42-19-22-8-11-24(34)12-9-22/h4-15,17-18,20-21,29H,16,19H2,1-3H3,(H,38,40)(H,39,41)/b37-18-/t21-,29+/m1/s1. The van der Waals surface area contributed by atoms with Crippen LogP contribution in [-0.4, -0.2) is 30.2 Å².